The Hall–Kier alpha value is -2.04. The van der Waals surface area contributed by atoms with Crippen molar-refractivity contribution >= 4 is 17.5 Å². The minimum Gasteiger partial charge on any atom is -0.497 e. The molecule has 1 N–H and O–H groups in total. The van der Waals surface area contributed by atoms with Crippen LogP contribution in [-0.4, -0.2) is 31.5 Å². The van der Waals surface area contributed by atoms with Crippen molar-refractivity contribution in [2.45, 2.75) is 19.4 Å². The Balaban J connectivity index is 2.29. The normalized spacial score (nSPS) is 20.3. The molecule has 0 radical (unpaired) electrons. The van der Waals surface area contributed by atoms with Crippen LogP contribution in [0.2, 0.25) is 0 Å². The number of hydrogen-bond acceptors (Lipinski definition) is 3. The summed E-state index contributed by atoms with van der Waals surface area (Å²) in [6, 6.07) is 6.78. The third-order valence-electron chi connectivity index (χ3n) is 2.94. The zero-order valence-electron chi connectivity index (χ0n) is 10.5. The van der Waals surface area contributed by atoms with E-state index in [2.05, 4.69) is 5.32 Å². The molecule has 0 spiro atoms. The molecule has 0 bridgehead atoms. The van der Waals surface area contributed by atoms with E-state index in [0.29, 0.717) is 18.7 Å². The van der Waals surface area contributed by atoms with Gasteiger partial charge in [0.05, 0.1) is 7.11 Å². The standard InChI is InChI=1S/C13H16N2O3/c1-9-13(17)15(7-6-12(16)14-9)10-4-3-5-11(8-10)18-2/h3-5,8-9H,6-7H2,1-2H3,(H,14,16). The van der Waals surface area contributed by atoms with Crippen molar-refractivity contribution in [1.29, 1.82) is 0 Å². The summed E-state index contributed by atoms with van der Waals surface area (Å²) >= 11 is 0. The predicted molar refractivity (Wildman–Crippen MR) is 67.6 cm³/mol. The first-order valence-corrected chi connectivity index (χ1v) is 5.86. The summed E-state index contributed by atoms with van der Waals surface area (Å²) in [5.41, 5.74) is 0.753. The van der Waals surface area contributed by atoms with E-state index in [1.54, 1.807) is 25.0 Å². The third-order valence-corrected chi connectivity index (χ3v) is 2.94. The van der Waals surface area contributed by atoms with E-state index in [4.69, 9.17) is 4.74 Å². The van der Waals surface area contributed by atoms with Crippen molar-refractivity contribution in [2.24, 2.45) is 0 Å². The van der Waals surface area contributed by atoms with Gasteiger partial charge in [-0.05, 0) is 19.1 Å². The molecule has 96 valence electrons. The van der Waals surface area contributed by atoms with Crippen LogP contribution in [-0.2, 0) is 9.59 Å². The molecule has 1 fully saturated rings. The largest absolute Gasteiger partial charge is 0.497 e. The Bertz CT molecular complexity index is 473. The first-order valence-electron chi connectivity index (χ1n) is 5.86. The van der Waals surface area contributed by atoms with Crippen LogP contribution in [0.15, 0.2) is 24.3 Å². The van der Waals surface area contributed by atoms with Gasteiger partial charge in [-0.2, -0.15) is 0 Å². The van der Waals surface area contributed by atoms with Gasteiger partial charge in [0.15, 0.2) is 0 Å². The second kappa shape index (κ2) is 5.08. The van der Waals surface area contributed by atoms with Crippen LogP contribution >= 0.6 is 0 Å². The van der Waals surface area contributed by atoms with Crippen LogP contribution in [0.4, 0.5) is 5.69 Å². The van der Waals surface area contributed by atoms with Crippen molar-refractivity contribution in [3.05, 3.63) is 24.3 Å². The first kappa shape index (κ1) is 12.4. The molecular weight excluding hydrogens is 232 g/mol. The topological polar surface area (TPSA) is 58.6 Å². The molecule has 5 nitrogen and oxygen atoms in total. The maximum atomic E-state index is 12.2. The number of nitrogens with one attached hydrogen (secondary N) is 1. The minimum atomic E-state index is -0.494. The lowest BCUT2D eigenvalue weighted by Crippen LogP contribution is -2.42. The van der Waals surface area contributed by atoms with Gasteiger partial charge in [-0.3, -0.25) is 9.59 Å². The van der Waals surface area contributed by atoms with E-state index < -0.39 is 6.04 Å². The van der Waals surface area contributed by atoms with Gasteiger partial charge in [-0.25, -0.2) is 0 Å². The van der Waals surface area contributed by atoms with Gasteiger partial charge in [0, 0.05) is 24.7 Å². The molecule has 18 heavy (non-hydrogen) atoms. The lowest BCUT2D eigenvalue weighted by atomic mass is 10.2. The highest BCUT2D eigenvalue weighted by atomic mass is 16.5. The first-order chi connectivity index (χ1) is 8.61. The van der Waals surface area contributed by atoms with Gasteiger partial charge < -0.3 is 15.0 Å². The molecule has 1 aliphatic heterocycles. The maximum absolute atomic E-state index is 12.2. The zero-order valence-corrected chi connectivity index (χ0v) is 10.5. The molecule has 0 aromatic heterocycles. The van der Waals surface area contributed by atoms with E-state index in [9.17, 15) is 9.59 Å². The van der Waals surface area contributed by atoms with Gasteiger partial charge in [-0.1, -0.05) is 6.07 Å². The fraction of sp³-hybridized carbons (Fsp3) is 0.385. The second-order valence-electron chi connectivity index (χ2n) is 4.23. The molecule has 1 aromatic rings. The molecule has 5 heteroatoms. The monoisotopic (exact) mass is 248 g/mol. The van der Waals surface area contributed by atoms with E-state index in [1.807, 2.05) is 18.2 Å². The molecule has 1 unspecified atom stereocenters. The van der Waals surface area contributed by atoms with Crippen LogP contribution < -0.4 is 15.0 Å². The highest BCUT2D eigenvalue weighted by Gasteiger charge is 2.27. The number of amides is 2. The van der Waals surface area contributed by atoms with Crippen LogP contribution in [0.1, 0.15) is 13.3 Å². The zero-order chi connectivity index (χ0) is 13.1. The van der Waals surface area contributed by atoms with Crippen molar-refractivity contribution in [2.75, 3.05) is 18.6 Å². The van der Waals surface area contributed by atoms with Gasteiger partial charge in [0.2, 0.25) is 11.8 Å². The Labute approximate surface area is 106 Å². The quantitative estimate of drug-likeness (QED) is 0.847. The van der Waals surface area contributed by atoms with Crippen LogP contribution in [0.25, 0.3) is 0 Å². The van der Waals surface area contributed by atoms with Crippen LogP contribution in [0.5, 0.6) is 5.75 Å². The Morgan fingerprint density at radius 3 is 2.89 bits per heavy atom. The molecule has 1 heterocycles. The van der Waals surface area contributed by atoms with E-state index in [0.717, 1.165) is 5.69 Å². The molecule has 1 saturated heterocycles. The second-order valence-corrected chi connectivity index (χ2v) is 4.23. The number of anilines is 1. The molecule has 0 saturated carbocycles. The lowest BCUT2D eigenvalue weighted by Gasteiger charge is -2.22. The summed E-state index contributed by atoms with van der Waals surface area (Å²) in [6.07, 6.45) is 0.313. The molecule has 2 rings (SSSR count). The molecule has 0 aliphatic carbocycles. The summed E-state index contributed by atoms with van der Waals surface area (Å²) < 4.78 is 5.14. The number of rotatable bonds is 2. The van der Waals surface area contributed by atoms with Crippen LogP contribution in [0, 0.1) is 0 Å². The summed E-state index contributed by atoms with van der Waals surface area (Å²) in [4.78, 5) is 25.2. The summed E-state index contributed by atoms with van der Waals surface area (Å²) in [7, 11) is 1.58. The highest BCUT2D eigenvalue weighted by Crippen LogP contribution is 2.22. The number of hydrogen-bond donors (Lipinski definition) is 1. The number of carbonyl (C=O) groups excluding carboxylic acids is 2. The molecular formula is C13H16N2O3. The number of nitrogens with zero attached hydrogens (tertiary/aromatic N) is 1. The molecule has 2 amide bonds. The third kappa shape index (κ3) is 2.45. The molecule has 1 atom stereocenters. The lowest BCUT2D eigenvalue weighted by molar-refractivity contribution is -0.125. The number of ether oxygens (including phenoxy) is 1. The van der Waals surface area contributed by atoms with Crippen molar-refractivity contribution in [3.63, 3.8) is 0 Å². The van der Waals surface area contributed by atoms with Crippen molar-refractivity contribution < 1.29 is 14.3 Å². The van der Waals surface area contributed by atoms with Gasteiger partial charge in [0.25, 0.3) is 0 Å². The highest BCUT2D eigenvalue weighted by molar-refractivity contribution is 6.01. The number of methoxy groups -OCH3 is 1. The van der Waals surface area contributed by atoms with Gasteiger partial charge >= 0.3 is 0 Å². The van der Waals surface area contributed by atoms with Gasteiger partial charge in [-0.15, -0.1) is 0 Å². The Morgan fingerprint density at radius 1 is 1.39 bits per heavy atom. The Kier molecular flexibility index (Phi) is 3.50. The molecule has 1 aliphatic rings. The smallest absolute Gasteiger partial charge is 0.249 e. The molecule has 1 aromatic carbocycles. The average molecular weight is 248 g/mol. The SMILES string of the molecule is COc1cccc(N2CCC(=O)NC(C)C2=O)c1. The number of carbonyl (C=O) groups is 2. The summed E-state index contributed by atoms with van der Waals surface area (Å²) in [5, 5.41) is 2.66. The Morgan fingerprint density at radius 2 is 2.17 bits per heavy atom. The van der Waals surface area contributed by atoms with E-state index in [-0.39, 0.29) is 11.8 Å². The fourth-order valence-electron chi connectivity index (χ4n) is 1.97. The van der Waals surface area contributed by atoms with Crippen molar-refractivity contribution in [3.8, 4) is 5.75 Å². The van der Waals surface area contributed by atoms with Crippen LogP contribution in [0.3, 0.4) is 0 Å². The predicted octanol–water partition coefficient (Wildman–Crippen LogP) is 0.937. The number of benzene rings is 1. The van der Waals surface area contributed by atoms with E-state index >= 15 is 0 Å². The average Bonchev–Trinajstić information content (AvgIpc) is 2.50. The maximum Gasteiger partial charge on any atom is 0.249 e. The fourth-order valence-corrected chi connectivity index (χ4v) is 1.97. The summed E-state index contributed by atoms with van der Waals surface area (Å²) in [5.74, 6) is 0.492. The summed E-state index contributed by atoms with van der Waals surface area (Å²) in [6.45, 7) is 2.08. The van der Waals surface area contributed by atoms with Gasteiger partial charge in [0.1, 0.15) is 11.8 Å². The van der Waals surface area contributed by atoms with Crippen molar-refractivity contribution in [1.82, 2.24) is 5.32 Å². The minimum absolute atomic E-state index is 0.0961. The van der Waals surface area contributed by atoms with E-state index in [1.165, 1.54) is 0 Å².